The molecule has 152 valence electrons. The zero-order valence-electron chi connectivity index (χ0n) is 15.8. The smallest absolute Gasteiger partial charge is 0.271 e. The minimum Gasteiger partial charge on any atom is -0.326 e. The maximum Gasteiger partial charge on any atom is 0.271 e. The van der Waals surface area contributed by atoms with Crippen LogP contribution < -0.4 is 10.6 Å². The minimum absolute atomic E-state index is 0.152. The molecule has 0 fully saturated rings. The highest BCUT2D eigenvalue weighted by molar-refractivity contribution is 6.04. The quantitative estimate of drug-likeness (QED) is 0.494. The van der Waals surface area contributed by atoms with Crippen LogP contribution in [0.15, 0.2) is 48.5 Å². The highest BCUT2D eigenvalue weighted by Crippen LogP contribution is 2.38. The number of halogens is 1. The van der Waals surface area contributed by atoms with Crippen LogP contribution in [-0.2, 0) is 9.59 Å². The Labute approximate surface area is 169 Å². The third-order valence-corrected chi connectivity index (χ3v) is 4.78. The molecule has 30 heavy (non-hydrogen) atoms. The molecule has 2 amide bonds. The maximum absolute atomic E-state index is 13.2. The number of aromatic nitrogens is 2. The highest BCUT2D eigenvalue weighted by Gasteiger charge is 2.36. The van der Waals surface area contributed by atoms with E-state index < -0.39 is 22.8 Å². The van der Waals surface area contributed by atoms with Crippen molar-refractivity contribution in [2.24, 2.45) is 0 Å². The lowest BCUT2D eigenvalue weighted by molar-refractivity contribution is -0.384. The predicted molar refractivity (Wildman–Crippen MR) is 106 cm³/mol. The second-order valence-corrected chi connectivity index (χ2v) is 6.83. The number of fused-ring (bicyclic) bond motifs is 1. The van der Waals surface area contributed by atoms with E-state index in [1.54, 1.807) is 19.1 Å². The van der Waals surface area contributed by atoms with Gasteiger partial charge in [0.25, 0.3) is 11.6 Å². The van der Waals surface area contributed by atoms with Crippen molar-refractivity contribution in [2.45, 2.75) is 19.4 Å². The molecule has 0 aliphatic carbocycles. The van der Waals surface area contributed by atoms with Crippen molar-refractivity contribution in [1.29, 1.82) is 0 Å². The third kappa shape index (κ3) is 3.50. The van der Waals surface area contributed by atoms with Crippen LogP contribution in [0.5, 0.6) is 0 Å². The first-order valence-corrected chi connectivity index (χ1v) is 9.03. The molecule has 1 atom stereocenters. The van der Waals surface area contributed by atoms with Gasteiger partial charge >= 0.3 is 0 Å². The molecule has 10 heteroatoms. The second-order valence-electron chi connectivity index (χ2n) is 6.83. The molecular weight excluding hydrogens is 393 g/mol. The summed E-state index contributed by atoms with van der Waals surface area (Å²) in [6.45, 7) is 1.76. The molecule has 0 bridgehead atoms. The number of nitro groups is 1. The molecule has 2 aromatic carbocycles. The Balaban J connectivity index is 1.56. The summed E-state index contributed by atoms with van der Waals surface area (Å²) in [4.78, 5) is 35.2. The van der Waals surface area contributed by atoms with Gasteiger partial charge in [0, 0.05) is 23.4 Å². The number of aryl methyl sites for hydroxylation is 1. The number of anilines is 2. The fraction of sp³-hybridized carbons (Fsp3) is 0.150. The summed E-state index contributed by atoms with van der Waals surface area (Å²) in [5, 5.41) is 20.6. The van der Waals surface area contributed by atoms with E-state index in [9.17, 15) is 24.1 Å². The van der Waals surface area contributed by atoms with E-state index in [2.05, 4.69) is 15.7 Å². The van der Waals surface area contributed by atoms with Gasteiger partial charge in [-0.15, -0.1) is 0 Å². The first-order chi connectivity index (χ1) is 14.3. The van der Waals surface area contributed by atoms with E-state index in [-0.39, 0.29) is 23.6 Å². The molecule has 0 saturated carbocycles. The average Bonchev–Trinajstić information content (AvgIpc) is 3.17. The topological polar surface area (TPSA) is 119 Å². The lowest BCUT2D eigenvalue weighted by atomic mass is 10.1. The molecule has 0 saturated heterocycles. The Bertz CT molecular complexity index is 1170. The van der Waals surface area contributed by atoms with Gasteiger partial charge in [0.05, 0.1) is 17.0 Å². The van der Waals surface area contributed by atoms with Gasteiger partial charge < -0.3 is 10.6 Å². The molecule has 0 spiro atoms. The normalized spacial score (nSPS) is 14.9. The van der Waals surface area contributed by atoms with Crippen molar-refractivity contribution in [3.8, 4) is 11.1 Å². The minimum atomic E-state index is -0.869. The fourth-order valence-corrected chi connectivity index (χ4v) is 3.43. The summed E-state index contributed by atoms with van der Waals surface area (Å²) in [6.07, 6.45) is -0.203. The average molecular weight is 409 g/mol. The second kappa shape index (κ2) is 7.39. The van der Waals surface area contributed by atoms with Gasteiger partial charge in [-0.1, -0.05) is 18.2 Å². The monoisotopic (exact) mass is 409 g/mol. The number of nitro benzene ring substituents is 1. The summed E-state index contributed by atoms with van der Waals surface area (Å²) in [5.41, 5.74) is 2.08. The van der Waals surface area contributed by atoms with Crippen molar-refractivity contribution in [2.75, 3.05) is 10.6 Å². The number of nitrogens with zero attached hydrogens (tertiary/aromatic N) is 3. The first-order valence-electron chi connectivity index (χ1n) is 9.03. The van der Waals surface area contributed by atoms with Crippen molar-refractivity contribution < 1.29 is 18.9 Å². The molecule has 3 aromatic rings. The number of benzene rings is 2. The largest absolute Gasteiger partial charge is 0.326 e. The number of rotatable bonds is 5. The zero-order chi connectivity index (χ0) is 21.4. The van der Waals surface area contributed by atoms with Gasteiger partial charge in [-0.2, -0.15) is 5.10 Å². The molecule has 9 nitrogen and oxygen atoms in total. The molecule has 1 aromatic heterocycles. The van der Waals surface area contributed by atoms with Gasteiger partial charge in [-0.05, 0) is 30.7 Å². The Morgan fingerprint density at radius 2 is 2.03 bits per heavy atom. The summed E-state index contributed by atoms with van der Waals surface area (Å²) in [7, 11) is 0. The first kappa shape index (κ1) is 19.2. The number of carbonyl (C=O) groups is 2. The molecule has 1 aliphatic heterocycles. The highest BCUT2D eigenvalue weighted by atomic mass is 19.1. The molecule has 1 aliphatic rings. The Hall–Kier alpha value is -4.08. The Morgan fingerprint density at radius 3 is 2.73 bits per heavy atom. The summed E-state index contributed by atoms with van der Waals surface area (Å²) in [6, 6.07) is 10.5. The van der Waals surface area contributed by atoms with Crippen LogP contribution in [-0.4, -0.2) is 26.5 Å². The summed E-state index contributed by atoms with van der Waals surface area (Å²) < 4.78 is 14.7. The van der Waals surface area contributed by atoms with Crippen LogP contribution in [0.25, 0.3) is 11.1 Å². The van der Waals surface area contributed by atoms with Crippen LogP contribution in [0, 0.1) is 22.9 Å². The molecule has 4 rings (SSSR count). The van der Waals surface area contributed by atoms with Crippen molar-refractivity contribution in [3.05, 3.63) is 70.2 Å². The number of carbonyl (C=O) groups excluding carboxylic acids is 2. The lowest BCUT2D eigenvalue weighted by Crippen LogP contribution is -2.23. The Morgan fingerprint density at radius 1 is 1.30 bits per heavy atom. The van der Waals surface area contributed by atoms with E-state index in [0.29, 0.717) is 22.6 Å². The number of hydrogen-bond donors (Lipinski definition) is 2. The van der Waals surface area contributed by atoms with E-state index >= 15 is 0 Å². The molecular formula is C20H16FN5O4. The van der Waals surface area contributed by atoms with Crippen LogP contribution >= 0.6 is 0 Å². The molecule has 0 radical (unpaired) electrons. The van der Waals surface area contributed by atoms with Crippen LogP contribution in [0.4, 0.5) is 21.6 Å². The van der Waals surface area contributed by atoms with Gasteiger partial charge in [-0.25, -0.2) is 9.07 Å². The maximum atomic E-state index is 13.2. The molecule has 2 heterocycles. The van der Waals surface area contributed by atoms with Crippen LogP contribution in [0.1, 0.15) is 18.2 Å². The molecule has 2 N–H and O–H groups in total. The standard InChI is InChI=1S/C20H16FN5O4/c1-11-18(12-5-7-13(21)8-6-12)19-23-20(28)16(25(19)24-11)10-17(27)22-14-3-2-4-15(9-14)26(29)30/h2-9,16H,10H2,1H3,(H,22,27)(H,23,28). The van der Waals surface area contributed by atoms with Crippen molar-refractivity contribution >= 4 is 29.0 Å². The van der Waals surface area contributed by atoms with Crippen molar-refractivity contribution in [1.82, 2.24) is 9.78 Å². The SMILES string of the molecule is Cc1nn2c(c1-c1ccc(F)cc1)NC(=O)C2CC(=O)Nc1cccc([N+](=O)[O-])c1. The molecule has 1 unspecified atom stereocenters. The van der Waals surface area contributed by atoms with Crippen LogP contribution in [0.2, 0.25) is 0 Å². The van der Waals surface area contributed by atoms with E-state index in [4.69, 9.17) is 0 Å². The van der Waals surface area contributed by atoms with Gasteiger partial charge in [0.15, 0.2) is 0 Å². The predicted octanol–water partition coefficient (Wildman–Crippen LogP) is 3.43. The third-order valence-electron chi connectivity index (χ3n) is 4.78. The number of nitrogens with one attached hydrogen (secondary N) is 2. The Kier molecular flexibility index (Phi) is 4.74. The fourth-order valence-electron chi connectivity index (χ4n) is 3.43. The summed E-state index contributed by atoms with van der Waals surface area (Å²) in [5.74, 6) is -0.813. The van der Waals surface area contributed by atoms with Gasteiger partial charge in [0.2, 0.25) is 5.91 Å². The summed E-state index contributed by atoms with van der Waals surface area (Å²) >= 11 is 0. The van der Waals surface area contributed by atoms with Gasteiger partial charge in [-0.3, -0.25) is 19.7 Å². The van der Waals surface area contributed by atoms with E-state index in [0.717, 1.165) is 0 Å². The zero-order valence-corrected chi connectivity index (χ0v) is 15.8. The van der Waals surface area contributed by atoms with E-state index in [1.807, 2.05) is 0 Å². The van der Waals surface area contributed by atoms with E-state index in [1.165, 1.54) is 41.1 Å². The number of hydrogen-bond acceptors (Lipinski definition) is 5. The van der Waals surface area contributed by atoms with Crippen molar-refractivity contribution in [3.63, 3.8) is 0 Å². The number of amides is 2. The number of non-ortho nitro benzene ring substituents is 1. The van der Waals surface area contributed by atoms with Gasteiger partial charge in [0.1, 0.15) is 17.7 Å². The lowest BCUT2D eigenvalue weighted by Gasteiger charge is -2.10. The van der Waals surface area contributed by atoms with Crippen LogP contribution in [0.3, 0.4) is 0 Å².